The number of nitrogens with one attached hydrogen (secondary N) is 1. The lowest BCUT2D eigenvalue weighted by Gasteiger charge is -2.57. The second kappa shape index (κ2) is 7.33. The van der Waals surface area contributed by atoms with Crippen LogP contribution < -0.4 is 4.74 Å². The molecule has 0 radical (unpaired) electrons. The molecule has 4 heterocycles. The topological polar surface area (TPSA) is 96.4 Å². The highest BCUT2D eigenvalue weighted by Crippen LogP contribution is 2.47. The number of rotatable bonds is 5. The van der Waals surface area contributed by atoms with Gasteiger partial charge < -0.3 is 19.5 Å². The number of hydrogen-bond acceptors (Lipinski definition) is 8. The molecule has 30 heavy (non-hydrogen) atoms. The first-order chi connectivity index (χ1) is 14.5. The zero-order valence-corrected chi connectivity index (χ0v) is 18.0. The van der Waals surface area contributed by atoms with Gasteiger partial charge in [0.15, 0.2) is 5.01 Å². The Morgan fingerprint density at radius 3 is 2.87 bits per heavy atom. The summed E-state index contributed by atoms with van der Waals surface area (Å²) >= 11 is 1.34. The molecule has 3 aliphatic rings. The summed E-state index contributed by atoms with van der Waals surface area (Å²) in [4.78, 5) is 2.38. The van der Waals surface area contributed by atoms with Gasteiger partial charge in [-0.15, -0.1) is 5.10 Å². The molecule has 2 bridgehead atoms. The van der Waals surface area contributed by atoms with E-state index in [4.69, 9.17) is 9.47 Å². The standard InChI is InChI=1S/C21H25N5O3S/c1-21-7-6-15(26(2)11-21)17(28-3)18(21)29-20-25-24-19(30-20)14-5-4-12(8-16(14)27)13-9-22-23-10-13/h4-5,8-10,15,17-18,27H,6-7,11H2,1-3H3,(H,22,23)/t15?,17?,18-,21+/m1/s1. The lowest BCUT2D eigenvalue weighted by atomic mass is 9.65. The number of ether oxygens (including phenoxy) is 2. The van der Waals surface area contributed by atoms with Crippen LogP contribution in [0.4, 0.5) is 0 Å². The van der Waals surface area contributed by atoms with Gasteiger partial charge in [0.1, 0.15) is 18.0 Å². The summed E-state index contributed by atoms with van der Waals surface area (Å²) in [6.45, 7) is 3.24. The molecule has 2 N–H and O–H groups in total. The molecule has 158 valence electrons. The summed E-state index contributed by atoms with van der Waals surface area (Å²) < 4.78 is 12.2. The number of methoxy groups -OCH3 is 1. The molecule has 9 heteroatoms. The zero-order chi connectivity index (χ0) is 20.9. The molecule has 0 spiro atoms. The highest BCUT2D eigenvalue weighted by Gasteiger charge is 2.55. The fourth-order valence-corrected chi connectivity index (χ4v) is 5.74. The van der Waals surface area contributed by atoms with E-state index in [0.717, 1.165) is 30.5 Å². The SMILES string of the molecule is COC1C2CC[C@@](C)(CN2C)[C@@H]1Oc1nnc(-c2ccc(-c3cn[nH]c3)cc2O)s1. The first-order valence-electron chi connectivity index (χ1n) is 10.0. The van der Waals surface area contributed by atoms with Gasteiger partial charge in [-0.2, -0.15) is 5.10 Å². The maximum Gasteiger partial charge on any atom is 0.294 e. The van der Waals surface area contributed by atoms with Crippen LogP contribution in [0.25, 0.3) is 21.7 Å². The number of likely N-dealkylation sites (N-methyl/N-ethyl adjacent to an activating group) is 1. The summed E-state index contributed by atoms with van der Waals surface area (Å²) in [6, 6.07) is 5.84. The third-order valence-electron chi connectivity index (χ3n) is 6.52. The fraction of sp³-hybridized carbons (Fsp3) is 0.476. The van der Waals surface area contributed by atoms with Gasteiger partial charge in [0.25, 0.3) is 5.19 Å². The molecule has 2 saturated heterocycles. The summed E-state index contributed by atoms with van der Waals surface area (Å²) in [6.07, 6.45) is 5.65. The number of nitrogens with zero attached hydrogens (tertiary/aromatic N) is 4. The Morgan fingerprint density at radius 2 is 2.17 bits per heavy atom. The van der Waals surface area contributed by atoms with Crippen LogP contribution in [0.3, 0.4) is 0 Å². The van der Waals surface area contributed by atoms with Crippen LogP contribution in [0.1, 0.15) is 19.8 Å². The van der Waals surface area contributed by atoms with Gasteiger partial charge >= 0.3 is 0 Å². The van der Waals surface area contributed by atoms with Crippen molar-refractivity contribution in [2.75, 3.05) is 20.7 Å². The average molecular weight is 428 g/mol. The Morgan fingerprint density at radius 1 is 1.30 bits per heavy atom. The fourth-order valence-electron chi connectivity index (χ4n) is 4.98. The number of piperidine rings is 2. The Bertz CT molecular complexity index is 1040. The summed E-state index contributed by atoms with van der Waals surface area (Å²) in [7, 11) is 3.91. The predicted molar refractivity (Wildman–Crippen MR) is 114 cm³/mol. The molecule has 3 fully saturated rings. The molecule has 1 aliphatic carbocycles. The molecule has 2 aromatic heterocycles. The zero-order valence-electron chi connectivity index (χ0n) is 17.2. The van der Waals surface area contributed by atoms with Crippen LogP contribution in [0, 0.1) is 5.41 Å². The van der Waals surface area contributed by atoms with Crippen molar-refractivity contribution in [2.45, 2.75) is 38.0 Å². The van der Waals surface area contributed by atoms with E-state index in [1.807, 2.05) is 12.1 Å². The normalized spacial score (nSPS) is 28.7. The number of benzene rings is 1. The lowest BCUT2D eigenvalue weighted by molar-refractivity contribution is -0.174. The highest BCUT2D eigenvalue weighted by atomic mass is 32.1. The van der Waals surface area contributed by atoms with Crippen molar-refractivity contribution < 1.29 is 14.6 Å². The van der Waals surface area contributed by atoms with Gasteiger partial charge in [-0.05, 0) is 37.6 Å². The Hall–Kier alpha value is -2.49. The van der Waals surface area contributed by atoms with E-state index in [9.17, 15) is 5.11 Å². The molecule has 3 aromatic rings. The smallest absolute Gasteiger partial charge is 0.294 e. The molecule has 6 rings (SSSR count). The van der Waals surface area contributed by atoms with E-state index in [2.05, 4.69) is 39.3 Å². The first-order valence-corrected chi connectivity index (χ1v) is 10.9. The highest BCUT2D eigenvalue weighted by molar-refractivity contribution is 7.16. The predicted octanol–water partition coefficient (Wildman–Crippen LogP) is 3.18. The van der Waals surface area contributed by atoms with Crippen molar-refractivity contribution in [3.8, 4) is 32.6 Å². The van der Waals surface area contributed by atoms with Crippen LogP contribution in [0.2, 0.25) is 0 Å². The maximum atomic E-state index is 10.6. The molecular weight excluding hydrogens is 402 g/mol. The van der Waals surface area contributed by atoms with Crippen molar-refractivity contribution in [1.82, 2.24) is 25.3 Å². The summed E-state index contributed by atoms with van der Waals surface area (Å²) in [5, 5.41) is 26.9. The summed E-state index contributed by atoms with van der Waals surface area (Å²) in [5.41, 5.74) is 2.43. The van der Waals surface area contributed by atoms with Gasteiger partial charge in [-0.25, -0.2) is 0 Å². The number of phenolic OH excluding ortho intramolecular Hbond substituents is 1. The Kier molecular flexibility index (Phi) is 4.76. The number of aromatic amines is 1. The quantitative estimate of drug-likeness (QED) is 0.645. The molecule has 2 unspecified atom stereocenters. The second-order valence-corrected chi connectivity index (χ2v) is 9.45. The monoisotopic (exact) mass is 427 g/mol. The van der Waals surface area contributed by atoms with E-state index >= 15 is 0 Å². The number of hydrogen-bond donors (Lipinski definition) is 2. The van der Waals surface area contributed by atoms with Crippen LogP contribution >= 0.6 is 11.3 Å². The van der Waals surface area contributed by atoms with E-state index < -0.39 is 0 Å². The minimum atomic E-state index is -0.0738. The van der Waals surface area contributed by atoms with Crippen LogP contribution in [-0.2, 0) is 4.74 Å². The molecule has 1 aromatic carbocycles. The number of aromatic nitrogens is 4. The van der Waals surface area contributed by atoms with Crippen molar-refractivity contribution in [3.63, 3.8) is 0 Å². The Labute approximate surface area is 178 Å². The third kappa shape index (κ3) is 3.17. The van der Waals surface area contributed by atoms with Crippen LogP contribution in [-0.4, -0.2) is 69.4 Å². The molecule has 4 atom stereocenters. The van der Waals surface area contributed by atoms with E-state index in [-0.39, 0.29) is 23.4 Å². The van der Waals surface area contributed by atoms with Gasteiger partial charge in [0.2, 0.25) is 0 Å². The van der Waals surface area contributed by atoms with E-state index in [1.54, 1.807) is 25.6 Å². The minimum Gasteiger partial charge on any atom is -0.507 e. The van der Waals surface area contributed by atoms with Gasteiger partial charge in [-0.3, -0.25) is 5.10 Å². The van der Waals surface area contributed by atoms with Gasteiger partial charge in [-0.1, -0.05) is 29.4 Å². The number of fused-ring (bicyclic) bond motifs is 3. The minimum absolute atomic E-state index is 0.00232. The first kappa shape index (κ1) is 19.5. The lowest BCUT2D eigenvalue weighted by Crippen LogP contribution is -2.68. The van der Waals surface area contributed by atoms with Crippen molar-refractivity contribution in [3.05, 3.63) is 30.6 Å². The molecular formula is C21H25N5O3S. The second-order valence-electron chi connectivity index (χ2n) is 8.51. The molecule has 0 amide bonds. The number of phenols is 1. The Balaban J connectivity index is 1.39. The number of aromatic hydroxyl groups is 1. The van der Waals surface area contributed by atoms with Gasteiger partial charge in [0, 0.05) is 36.9 Å². The van der Waals surface area contributed by atoms with Crippen LogP contribution in [0.5, 0.6) is 10.9 Å². The van der Waals surface area contributed by atoms with Crippen molar-refractivity contribution in [1.29, 1.82) is 0 Å². The average Bonchev–Trinajstić information content (AvgIpc) is 3.41. The third-order valence-corrected chi connectivity index (χ3v) is 7.37. The largest absolute Gasteiger partial charge is 0.507 e. The van der Waals surface area contributed by atoms with E-state index in [0.29, 0.717) is 21.8 Å². The molecule has 8 nitrogen and oxygen atoms in total. The maximum absolute atomic E-state index is 10.6. The van der Waals surface area contributed by atoms with Gasteiger partial charge in [0.05, 0.1) is 11.8 Å². The van der Waals surface area contributed by atoms with Crippen molar-refractivity contribution >= 4 is 11.3 Å². The molecule has 2 aliphatic heterocycles. The molecule has 1 saturated carbocycles. The van der Waals surface area contributed by atoms with Crippen molar-refractivity contribution in [2.24, 2.45) is 5.41 Å². The number of H-pyrrole nitrogens is 1. The van der Waals surface area contributed by atoms with Crippen LogP contribution in [0.15, 0.2) is 30.6 Å². The summed E-state index contributed by atoms with van der Waals surface area (Å²) in [5.74, 6) is 0.150. The van der Waals surface area contributed by atoms with E-state index in [1.165, 1.54) is 11.3 Å².